The average molecular weight is 224 g/mol. The van der Waals surface area contributed by atoms with E-state index in [0.29, 0.717) is 17.4 Å². The third-order valence-corrected chi connectivity index (χ3v) is 2.40. The molecule has 0 unspecified atom stereocenters. The minimum atomic E-state index is -0.960. The molecule has 0 heterocycles. The van der Waals surface area contributed by atoms with Gasteiger partial charge in [-0.25, -0.2) is 0 Å². The van der Waals surface area contributed by atoms with Crippen molar-refractivity contribution in [3.8, 4) is 11.5 Å². The monoisotopic (exact) mass is 224 g/mol. The number of carbonyl (C=O) groups excluding carboxylic acids is 1. The fourth-order valence-corrected chi connectivity index (χ4v) is 1.44. The van der Waals surface area contributed by atoms with Gasteiger partial charge in [0.05, 0.1) is 5.56 Å². The maximum absolute atomic E-state index is 10.6. The fourth-order valence-electron chi connectivity index (χ4n) is 1.44. The van der Waals surface area contributed by atoms with Gasteiger partial charge in [-0.3, -0.25) is 9.59 Å². The van der Waals surface area contributed by atoms with Crippen LogP contribution in [0.15, 0.2) is 6.07 Å². The third-order valence-electron chi connectivity index (χ3n) is 2.40. The second kappa shape index (κ2) is 4.65. The molecule has 0 spiro atoms. The minimum absolute atomic E-state index is 0.0971. The quantitative estimate of drug-likeness (QED) is 0.669. The number of aryl methyl sites for hydroxylation is 1. The van der Waals surface area contributed by atoms with Crippen LogP contribution in [0, 0.1) is 6.92 Å². The van der Waals surface area contributed by atoms with Crippen molar-refractivity contribution in [3.63, 3.8) is 0 Å². The second-order valence-corrected chi connectivity index (χ2v) is 3.45. The molecule has 0 aliphatic heterocycles. The number of carbonyl (C=O) groups is 2. The van der Waals surface area contributed by atoms with Gasteiger partial charge in [0.2, 0.25) is 0 Å². The third kappa shape index (κ3) is 2.31. The number of hydrogen-bond acceptors (Lipinski definition) is 4. The van der Waals surface area contributed by atoms with Crippen molar-refractivity contribution in [1.82, 2.24) is 0 Å². The van der Waals surface area contributed by atoms with E-state index in [0.717, 1.165) is 0 Å². The Morgan fingerprint density at radius 1 is 1.44 bits per heavy atom. The van der Waals surface area contributed by atoms with Crippen LogP contribution in [0.1, 0.15) is 27.9 Å². The molecule has 16 heavy (non-hydrogen) atoms. The van der Waals surface area contributed by atoms with Crippen molar-refractivity contribution >= 4 is 12.3 Å². The summed E-state index contributed by atoms with van der Waals surface area (Å²) >= 11 is 0. The highest BCUT2D eigenvalue weighted by molar-refractivity contribution is 5.84. The number of rotatable bonds is 4. The highest BCUT2D eigenvalue weighted by atomic mass is 16.4. The Morgan fingerprint density at radius 3 is 2.56 bits per heavy atom. The number of hydrogen-bond donors (Lipinski definition) is 3. The summed E-state index contributed by atoms with van der Waals surface area (Å²) in [4.78, 5) is 21.0. The molecular weight excluding hydrogens is 212 g/mol. The minimum Gasteiger partial charge on any atom is -0.507 e. The number of phenolic OH excluding ortho intramolecular Hbond substituents is 2. The number of aliphatic carboxylic acids is 1. The molecule has 0 radical (unpaired) electrons. The zero-order valence-electron chi connectivity index (χ0n) is 8.73. The number of aldehydes is 1. The summed E-state index contributed by atoms with van der Waals surface area (Å²) in [5, 5.41) is 27.5. The molecule has 1 aromatic rings. The van der Waals surface area contributed by atoms with Crippen molar-refractivity contribution in [2.75, 3.05) is 0 Å². The van der Waals surface area contributed by atoms with E-state index in [4.69, 9.17) is 5.11 Å². The lowest BCUT2D eigenvalue weighted by atomic mass is 9.99. The maximum atomic E-state index is 10.6. The molecule has 5 heteroatoms. The van der Waals surface area contributed by atoms with E-state index >= 15 is 0 Å². The molecule has 0 fully saturated rings. The summed E-state index contributed by atoms with van der Waals surface area (Å²) in [7, 11) is 0. The zero-order chi connectivity index (χ0) is 12.3. The summed E-state index contributed by atoms with van der Waals surface area (Å²) in [6.07, 6.45) is 0.459. The van der Waals surface area contributed by atoms with Crippen molar-refractivity contribution in [2.24, 2.45) is 0 Å². The molecule has 5 nitrogen and oxygen atoms in total. The van der Waals surface area contributed by atoms with Crippen LogP contribution in [0.2, 0.25) is 0 Å². The van der Waals surface area contributed by atoms with Crippen LogP contribution >= 0.6 is 0 Å². The smallest absolute Gasteiger partial charge is 0.303 e. The van der Waals surface area contributed by atoms with Crippen LogP contribution in [0.25, 0.3) is 0 Å². The van der Waals surface area contributed by atoms with Gasteiger partial charge >= 0.3 is 5.97 Å². The van der Waals surface area contributed by atoms with Gasteiger partial charge in [-0.2, -0.15) is 0 Å². The molecule has 1 aromatic carbocycles. The highest BCUT2D eigenvalue weighted by Gasteiger charge is 2.14. The van der Waals surface area contributed by atoms with Crippen molar-refractivity contribution in [2.45, 2.75) is 19.8 Å². The number of phenols is 2. The molecule has 86 valence electrons. The van der Waals surface area contributed by atoms with Gasteiger partial charge in [-0.1, -0.05) is 0 Å². The van der Waals surface area contributed by atoms with Crippen LogP contribution in [-0.2, 0) is 11.2 Å². The summed E-state index contributed by atoms with van der Waals surface area (Å²) in [6, 6.07) is 1.31. The lowest BCUT2D eigenvalue weighted by Gasteiger charge is -2.10. The maximum Gasteiger partial charge on any atom is 0.303 e. The van der Waals surface area contributed by atoms with E-state index in [9.17, 15) is 19.8 Å². The summed E-state index contributed by atoms with van der Waals surface area (Å²) < 4.78 is 0. The van der Waals surface area contributed by atoms with E-state index in [2.05, 4.69) is 0 Å². The zero-order valence-corrected chi connectivity index (χ0v) is 8.73. The number of benzene rings is 1. The summed E-state index contributed by atoms with van der Waals surface area (Å²) in [5.74, 6) is -1.59. The van der Waals surface area contributed by atoms with Crippen LogP contribution in [0.4, 0.5) is 0 Å². The normalized spacial score (nSPS) is 10.1. The fraction of sp³-hybridized carbons (Fsp3) is 0.273. The Kier molecular flexibility index (Phi) is 3.50. The SMILES string of the molecule is Cc1c(CCC(=O)O)cc(O)c(C=O)c1O. The van der Waals surface area contributed by atoms with Gasteiger partial charge in [0.1, 0.15) is 11.5 Å². The molecule has 0 bridgehead atoms. The van der Waals surface area contributed by atoms with Gasteiger partial charge in [-0.05, 0) is 30.5 Å². The predicted molar refractivity (Wildman–Crippen MR) is 55.9 cm³/mol. The molecule has 0 saturated heterocycles. The molecule has 0 atom stereocenters. The summed E-state index contributed by atoms with van der Waals surface area (Å²) in [5.41, 5.74) is 0.765. The largest absolute Gasteiger partial charge is 0.507 e. The first-order valence-corrected chi connectivity index (χ1v) is 4.68. The van der Waals surface area contributed by atoms with Crippen molar-refractivity contribution in [1.29, 1.82) is 0 Å². The first-order valence-electron chi connectivity index (χ1n) is 4.68. The Bertz CT molecular complexity index is 436. The van der Waals surface area contributed by atoms with Gasteiger partial charge in [-0.15, -0.1) is 0 Å². The van der Waals surface area contributed by atoms with Crippen molar-refractivity contribution < 1.29 is 24.9 Å². The van der Waals surface area contributed by atoms with Crippen LogP contribution in [0.5, 0.6) is 11.5 Å². The van der Waals surface area contributed by atoms with Gasteiger partial charge in [0, 0.05) is 6.42 Å². The van der Waals surface area contributed by atoms with Crippen LogP contribution in [-0.4, -0.2) is 27.6 Å². The topological polar surface area (TPSA) is 94.8 Å². The Hall–Kier alpha value is -2.04. The predicted octanol–water partition coefficient (Wildman–Crippen LogP) is 1.24. The van der Waals surface area contributed by atoms with E-state index < -0.39 is 5.97 Å². The van der Waals surface area contributed by atoms with E-state index in [1.165, 1.54) is 6.07 Å². The number of carboxylic acid groups (broad SMARTS) is 1. The molecular formula is C11H12O5. The van der Waals surface area contributed by atoms with Gasteiger partial charge < -0.3 is 15.3 Å². The summed E-state index contributed by atoms with van der Waals surface area (Å²) in [6.45, 7) is 1.57. The molecule has 0 aromatic heterocycles. The molecule has 0 aliphatic carbocycles. The Balaban J connectivity index is 3.12. The number of aromatic hydroxyl groups is 2. The van der Waals surface area contributed by atoms with Crippen LogP contribution < -0.4 is 0 Å². The molecule has 0 saturated carbocycles. The standard InChI is InChI=1S/C11H12O5/c1-6-7(2-3-10(14)15)4-9(13)8(5-12)11(6)16/h4-5,13,16H,2-3H2,1H3,(H,14,15). The van der Waals surface area contributed by atoms with E-state index in [1.807, 2.05) is 0 Å². The molecule has 0 amide bonds. The average Bonchev–Trinajstić information content (AvgIpc) is 2.22. The Morgan fingerprint density at radius 2 is 2.06 bits per heavy atom. The lowest BCUT2D eigenvalue weighted by Crippen LogP contribution is -2.00. The van der Waals surface area contributed by atoms with E-state index in [-0.39, 0.29) is 29.9 Å². The highest BCUT2D eigenvalue weighted by Crippen LogP contribution is 2.32. The Labute approximate surface area is 92.0 Å². The van der Waals surface area contributed by atoms with Gasteiger partial charge in [0.25, 0.3) is 0 Å². The molecule has 0 aliphatic rings. The second-order valence-electron chi connectivity index (χ2n) is 3.45. The lowest BCUT2D eigenvalue weighted by molar-refractivity contribution is -0.136. The number of carboxylic acids is 1. The molecule has 1 rings (SSSR count). The van der Waals surface area contributed by atoms with Gasteiger partial charge in [0.15, 0.2) is 6.29 Å². The van der Waals surface area contributed by atoms with E-state index in [1.54, 1.807) is 6.92 Å². The first kappa shape index (κ1) is 12.0. The first-order chi connectivity index (χ1) is 7.47. The van der Waals surface area contributed by atoms with Crippen LogP contribution in [0.3, 0.4) is 0 Å². The van der Waals surface area contributed by atoms with Crippen molar-refractivity contribution in [3.05, 3.63) is 22.8 Å². The molecule has 3 N–H and O–H groups in total.